The fourth-order valence-corrected chi connectivity index (χ4v) is 4.94. The average Bonchev–Trinajstić information content (AvgIpc) is 3.33. The van der Waals surface area contributed by atoms with E-state index in [0.29, 0.717) is 13.0 Å². The SMILES string of the molecule is Cc1cc(C)cc(N2CC(c3nc4ccccc4n3CCN3CCOCC3)CC2=O)c1. The molecule has 0 bridgehead atoms. The molecular weight excluding hydrogens is 388 g/mol. The molecule has 1 amide bonds. The minimum Gasteiger partial charge on any atom is -0.379 e. The molecule has 3 heterocycles. The predicted octanol–water partition coefficient (Wildman–Crippen LogP) is 3.51. The van der Waals surface area contributed by atoms with Crippen molar-refractivity contribution in [3.8, 4) is 0 Å². The Bertz CT molecular complexity index is 1080. The highest BCUT2D eigenvalue weighted by Gasteiger charge is 2.35. The van der Waals surface area contributed by atoms with Crippen LogP contribution in [0.2, 0.25) is 0 Å². The predicted molar refractivity (Wildman–Crippen MR) is 123 cm³/mol. The van der Waals surface area contributed by atoms with Crippen LogP contribution in [-0.2, 0) is 16.1 Å². The van der Waals surface area contributed by atoms with Gasteiger partial charge < -0.3 is 14.2 Å². The lowest BCUT2D eigenvalue weighted by Crippen LogP contribution is -2.38. The summed E-state index contributed by atoms with van der Waals surface area (Å²) in [6.07, 6.45) is 0.508. The van der Waals surface area contributed by atoms with E-state index < -0.39 is 0 Å². The maximum Gasteiger partial charge on any atom is 0.227 e. The molecule has 2 aromatic carbocycles. The lowest BCUT2D eigenvalue weighted by atomic mass is 10.1. The minimum absolute atomic E-state index is 0.102. The van der Waals surface area contributed by atoms with E-state index in [1.165, 1.54) is 11.1 Å². The number of nitrogens with zero attached hydrogens (tertiary/aromatic N) is 4. The van der Waals surface area contributed by atoms with Gasteiger partial charge in [0, 0.05) is 50.7 Å². The van der Waals surface area contributed by atoms with Gasteiger partial charge in [0.05, 0.1) is 24.2 Å². The van der Waals surface area contributed by atoms with Gasteiger partial charge in [-0.15, -0.1) is 0 Å². The quantitative estimate of drug-likeness (QED) is 0.636. The van der Waals surface area contributed by atoms with Crippen LogP contribution in [0.4, 0.5) is 5.69 Å². The van der Waals surface area contributed by atoms with E-state index in [4.69, 9.17) is 9.72 Å². The van der Waals surface area contributed by atoms with Gasteiger partial charge >= 0.3 is 0 Å². The summed E-state index contributed by atoms with van der Waals surface area (Å²) in [6.45, 7) is 10.3. The summed E-state index contributed by atoms with van der Waals surface area (Å²) in [5.74, 6) is 1.32. The standard InChI is InChI=1S/C25H30N4O2/c1-18-13-19(2)15-21(14-18)29-17-20(16-24(29)30)25-26-22-5-3-4-6-23(22)28(25)8-7-27-9-11-31-12-10-27/h3-6,13-15,20H,7-12,16-17H2,1-2H3. The molecule has 162 valence electrons. The third-order valence-electron chi connectivity index (χ3n) is 6.44. The summed E-state index contributed by atoms with van der Waals surface area (Å²) in [4.78, 5) is 22.4. The van der Waals surface area contributed by atoms with Crippen molar-refractivity contribution in [1.82, 2.24) is 14.5 Å². The summed E-state index contributed by atoms with van der Waals surface area (Å²) in [5.41, 5.74) is 5.54. The highest BCUT2D eigenvalue weighted by Crippen LogP contribution is 2.34. The monoisotopic (exact) mass is 418 g/mol. The van der Waals surface area contributed by atoms with Crippen molar-refractivity contribution < 1.29 is 9.53 Å². The number of imidazole rings is 1. The number of fused-ring (bicyclic) bond motifs is 1. The Labute approximate surface area is 183 Å². The molecule has 6 heteroatoms. The summed E-state index contributed by atoms with van der Waals surface area (Å²) < 4.78 is 7.83. The Morgan fingerprint density at radius 3 is 2.55 bits per heavy atom. The van der Waals surface area contributed by atoms with Crippen LogP contribution in [0.15, 0.2) is 42.5 Å². The van der Waals surface area contributed by atoms with Crippen molar-refractivity contribution in [3.63, 3.8) is 0 Å². The third-order valence-corrected chi connectivity index (χ3v) is 6.44. The van der Waals surface area contributed by atoms with Gasteiger partial charge in [0.1, 0.15) is 5.82 Å². The van der Waals surface area contributed by atoms with Crippen LogP contribution in [0.5, 0.6) is 0 Å². The highest BCUT2D eigenvalue weighted by molar-refractivity contribution is 5.96. The van der Waals surface area contributed by atoms with Gasteiger partial charge in [0.15, 0.2) is 0 Å². The molecule has 0 radical (unpaired) electrons. The highest BCUT2D eigenvalue weighted by atomic mass is 16.5. The van der Waals surface area contributed by atoms with Crippen molar-refractivity contribution in [3.05, 3.63) is 59.4 Å². The molecule has 1 atom stereocenters. The molecule has 2 aliphatic rings. The number of ether oxygens (including phenoxy) is 1. The average molecular weight is 419 g/mol. The Balaban J connectivity index is 1.43. The molecule has 2 saturated heterocycles. The van der Waals surface area contributed by atoms with Crippen LogP contribution in [0, 0.1) is 13.8 Å². The van der Waals surface area contributed by atoms with E-state index >= 15 is 0 Å². The van der Waals surface area contributed by atoms with Crippen molar-refractivity contribution in [1.29, 1.82) is 0 Å². The fraction of sp³-hybridized carbons (Fsp3) is 0.440. The van der Waals surface area contributed by atoms with Gasteiger partial charge in [-0.1, -0.05) is 18.2 Å². The number of aromatic nitrogens is 2. The number of aryl methyl sites for hydroxylation is 2. The topological polar surface area (TPSA) is 50.6 Å². The van der Waals surface area contributed by atoms with E-state index in [1.54, 1.807) is 0 Å². The number of carbonyl (C=O) groups excluding carboxylic acids is 1. The molecule has 0 spiro atoms. The number of rotatable bonds is 5. The molecule has 0 saturated carbocycles. The lowest BCUT2D eigenvalue weighted by molar-refractivity contribution is -0.117. The number of anilines is 1. The van der Waals surface area contributed by atoms with E-state index in [1.807, 2.05) is 11.0 Å². The first-order valence-electron chi connectivity index (χ1n) is 11.2. The Morgan fingerprint density at radius 1 is 1.03 bits per heavy atom. The third kappa shape index (κ3) is 4.10. The molecular formula is C25H30N4O2. The fourth-order valence-electron chi connectivity index (χ4n) is 4.94. The van der Waals surface area contributed by atoms with E-state index in [-0.39, 0.29) is 11.8 Å². The van der Waals surface area contributed by atoms with Gasteiger partial charge in [-0.2, -0.15) is 0 Å². The number of amides is 1. The van der Waals surface area contributed by atoms with Crippen molar-refractivity contribution in [2.75, 3.05) is 44.3 Å². The molecule has 3 aromatic rings. The maximum atomic E-state index is 13.0. The van der Waals surface area contributed by atoms with Crippen LogP contribution >= 0.6 is 0 Å². The van der Waals surface area contributed by atoms with Gasteiger partial charge in [0.25, 0.3) is 0 Å². The number of hydrogen-bond acceptors (Lipinski definition) is 4. The molecule has 2 aliphatic heterocycles. The number of benzene rings is 2. The summed E-state index contributed by atoms with van der Waals surface area (Å²) in [6, 6.07) is 14.7. The number of hydrogen-bond donors (Lipinski definition) is 0. The smallest absolute Gasteiger partial charge is 0.227 e. The lowest BCUT2D eigenvalue weighted by Gasteiger charge is -2.27. The van der Waals surface area contributed by atoms with Gasteiger partial charge in [0.2, 0.25) is 5.91 Å². The van der Waals surface area contributed by atoms with Crippen LogP contribution in [0.25, 0.3) is 11.0 Å². The maximum absolute atomic E-state index is 13.0. The largest absolute Gasteiger partial charge is 0.379 e. The van der Waals surface area contributed by atoms with Crippen LogP contribution in [0.1, 0.15) is 29.3 Å². The number of morpholine rings is 1. The molecule has 2 fully saturated rings. The van der Waals surface area contributed by atoms with Crippen molar-refractivity contribution in [2.24, 2.45) is 0 Å². The Morgan fingerprint density at radius 2 is 1.77 bits per heavy atom. The van der Waals surface area contributed by atoms with E-state index in [9.17, 15) is 4.79 Å². The number of para-hydroxylation sites is 2. The molecule has 1 unspecified atom stereocenters. The van der Waals surface area contributed by atoms with Crippen molar-refractivity contribution in [2.45, 2.75) is 32.7 Å². The second-order valence-electron chi connectivity index (χ2n) is 8.82. The molecule has 0 aliphatic carbocycles. The second kappa shape index (κ2) is 8.44. The minimum atomic E-state index is 0.102. The second-order valence-corrected chi connectivity index (χ2v) is 8.82. The van der Waals surface area contributed by atoms with Crippen molar-refractivity contribution >= 4 is 22.6 Å². The van der Waals surface area contributed by atoms with E-state index in [0.717, 1.165) is 61.9 Å². The normalized spacial score (nSPS) is 20.1. The van der Waals surface area contributed by atoms with Crippen LogP contribution in [-0.4, -0.2) is 59.8 Å². The summed E-state index contributed by atoms with van der Waals surface area (Å²) in [5, 5.41) is 0. The molecule has 5 rings (SSSR count). The van der Waals surface area contributed by atoms with Gasteiger partial charge in [-0.25, -0.2) is 4.98 Å². The number of carbonyl (C=O) groups is 1. The zero-order valence-corrected chi connectivity index (χ0v) is 18.4. The van der Waals surface area contributed by atoms with Crippen LogP contribution in [0.3, 0.4) is 0 Å². The first kappa shape index (κ1) is 20.2. The Kier molecular flexibility index (Phi) is 5.50. The molecule has 6 nitrogen and oxygen atoms in total. The zero-order valence-electron chi connectivity index (χ0n) is 18.4. The summed E-state index contributed by atoms with van der Waals surface area (Å²) in [7, 11) is 0. The van der Waals surface area contributed by atoms with E-state index in [2.05, 4.69) is 59.7 Å². The zero-order chi connectivity index (χ0) is 21.4. The van der Waals surface area contributed by atoms with Gasteiger partial charge in [-0.05, 0) is 49.2 Å². The first-order chi connectivity index (χ1) is 15.1. The first-order valence-corrected chi connectivity index (χ1v) is 11.2. The Hall–Kier alpha value is -2.70. The summed E-state index contributed by atoms with van der Waals surface area (Å²) >= 11 is 0. The molecule has 31 heavy (non-hydrogen) atoms. The van der Waals surface area contributed by atoms with Gasteiger partial charge in [-0.3, -0.25) is 9.69 Å². The molecule has 0 N–H and O–H groups in total. The van der Waals surface area contributed by atoms with Crippen LogP contribution < -0.4 is 4.90 Å². The molecule has 1 aromatic heterocycles.